The van der Waals surface area contributed by atoms with Crippen LogP contribution in [-0.2, 0) is 9.84 Å². The van der Waals surface area contributed by atoms with E-state index >= 15 is 0 Å². The van der Waals surface area contributed by atoms with E-state index in [1.54, 1.807) is 0 Å². The number of ether oxygens (including phenoxy) is 1. The normalized spacial score (nSPS) is 13.5. The molecule has 0 aliphatic carbocycles. The molecule has 0 saturated heterocycles. The molecule has 10 heavy (non-hydrogen) atoms. The lowest BCUT2D eigenvalue weighted by Gasteiger charge is -2.05. The SMILES string of the molecule is CCCCOCC([O])CC. The van der Waals surface area contributed by atoms with Crippen molar-refractivity contribution in [3.63, 3.8) is 0 Å². The van der Waals surface area contributed by atoms with Crippen LogP contribution in [0.15, 0.2) is 0 Å². The van der Waals surface area contributed by atoms with Gasteiger partial charge in [-0.15, -0.1) is 0 Å². The van der Waals surface area contributed by atoms with Crippen molar-refractivity contribution >= 4 is 0 Å². The number of unbranched alkanes of at least 4 members (excludes halogenated alkanes) is 1. The van der Waals surface area contributed by atoms with E-state index in [0.29, 0.717) is 13.0 Å². The molecule has 2 nitrogen and oxygen atoms in total. The Morgan fingerprint density at radius 1 is 1.40 bits per heavy atom. The molecule has 0 aliphatic heterocycles. The molecule has 2 heteroatoms. The Bertz CT molecular complexity index is 64.3. The van der Waals surface area contributed by atoms with Gasteiger partial charge in [-0.2, -0.15) is 0 Å². The maximum atomic E-state index is 10.7. The lowest BCUT2D eigenvalue weighted by atomic mass is 10.3. The predicted octanol–water partition coefficient (Wildman–Crippen LogP) is 2.01. The van der Waals surface area contributed by atoms with Crippen LogP contribution in [0.25, 0.3) is 0 Å². The van der Waals surface area contributed by atoms with Gasteiger partial charge in [-0.1, -0.05) is 20.3 Å². The molecule has 1 atom stereocenters. The molecule has 61 valence electrons. The van der Waals surface area contributed by atoms with Crippen LogP contribution in [0.1, 0.15) is 33.1 Å². The van der Waals surface area contributed by atoms with Crippen LogP contribution in [0, 0.1) is 0 Å². The van der Waals surface area contributed by atoms with E-state index < -0.39 is 6.10 Å². The van der Waals surface area contributed by atoms with Gasteiger partial charge in [0.05, 0.1) is 6.61 Å². The third kappa shape index (κ3) is 6.05. The zero-order chi connectivity index (χ0) is 7.82. The smallest absolute Gasteiger partial charge is 0.116 e. The first-order chi connectivity index (χ1) is 4.81. The zero-order valence-corrected chi connectivity index (χ0v) is 6.93. The summed E-state index contributed by atoms with van der Waals surface area (Å²) >= 11 is 0. The first kappa shape index (κ1) is 9.92. The van der Waals surface area contributed by atoms with E-state index in [1.165, 1.54) is 0 Å². The van der Waals surface area contributed by atoms with E-state index in [1.807, 2.05) is 6.92 Å². The van der Waals surface area contributed by atoms with Gasteiger partial charge in [0.1, 0.15) is 6.10 Å². The number of rotatable bonds is 6. The molecule has 0 spiro atoms. The summed E-state index contributed by atoms with van der Waals surface area (Å²) in [7, 11) is 0. The van der Waals surface area contributed by atoms with E-state index in [2.05, 4.69) is 6.92 Å². The minimum atomic E-state index is -0.517. The molecule has 0 amide bonds. The molecule has 0 rings (SSSR count). The van der Waals surface area contributed by atoms with Crippen LogP contribution in [0.5, 0.6) is 0 Å². The maximum absolute atomic E-state index is 10.7. The summed E-state index contributed by atoms with van der Waals surface area (Å²) in [5.41, 5.74) is 0. The Balaban J connectivity index is 2.89. The summed E-state index contributed by atoms with van der Waals surface area (Å²) in [5, 5.41) is 10.7. The van der Waals surface area contributed by atoms with Crippen molar-refractivity contribution in [2.24, 2.45) is 0 Å². The highest BCUT2D eigenvalue weighted by Crippen LogP contribution is 1.93. The van der Waals surface area contributed by atoms with Crippen molar-refractivity contribution in [1.29, 1.82) is 0 Å². The fourth-order valence-electron chi connectivity index (χ4n) is 0.579. The lowest BCUT2D eigenvalue weighted by Crippen LogP contribution is -2.12. The van der Waals surface area contributed by atoms with Gasteiger partial charge >= 0.3 is 0 Å². The van der Waals surface area contributed by atoms with Gasteiger partial charge in [-0.05, 0) is 12.8 Å². The molecule has 0 heterocycles. The van der Waals surface area contributed by atoms with Crippen molar-refractivity contribution in [1.82, 2.24) is 0 Å². The van der Waals surface area contributed by atoms with Crippen LogP contribution < -0.4 is 0 Å². The summed E-state index contributed by atoms with van der Waals surface area (Å²) in [6.45, 7) is 5.13. The third-order valence-corrected chi connectivity index (χ3v) is 1.40. The van der Waals surface area contributed by atoms with E-state index in [9.17, 15) is 5.11 Å². The molecular weight excluding hydrogens is 128 g/mol. The quantitative estimate of drug-likeness (QED) is 0.526. The van der Waals surface area contributed by atoms with Crippen LogP contribution in [0.4, 0.5) is 0 Å². The van der Waals surface area contributed by atoms with Crippen molar-refractivity contribution in [2.45, 2.75) is 39.2 Å². The van der Waals surface area contributed by atoms with Crippen LogP contribution in [-0.4, -0.2) is 19.3 Å². The van der Waals surface area contributed by atoms with Crippen molar-refractivity contribution in [2.75, 3.05) is 13.2 Å². The number of hydrogen-bond acceptors (Lipinski definition) is 1. The summed E-state index contributed by atoms with van der Waals surface area (Å²) < 4.78 is 5.11. The molecular formula is C8H17O2. The second-order valence-electron chi connectivity index (χ2n) is 2.46. The number of hydrogen-bond donors (Lipinski definition) is 0. The standard InChI is InChI=1S/C8H17O2/c1-3-5-6-10-7-8(9)4-2/h8H,3-7H2,1-2H3. The van der Waals surface area contributed by atoms with Gasteiger partial charge in [-0.25, -0.2) is 5.11 Å². The topological polar surface area (TPSA) is 29.1 Å². The van der Waals surface area contributed by atoms with Gasteiger partial charge in [0.15, 0.2) is 0 Å². The summed E-state index contributed by atoms with van der Waals surface area (Å²) in [4.78, 5) is 0. The van der Waals surface area contributed by atoms with E-state index in [-0.39, 0.29) is 0 Å². The third-order valence-electron chi connectivity index (χ3n) is 1.40. The van der Waals surface area contributed by atoms with Crippen LogP contribution in [0.2, 0.25) is 0 Å². The van der Waals surface area contributed by atoms with E-state index in [0.717, 1.165) is 19.4 Å². The summed E-state index contributed by atoms with van der Waals surface area (Å²) in [5.74, 6) is 0. The molecule has 0 aliphatic rings. The Morgan fingerprint density at radius 2 is 2.10 bits per heavy atom. The monoisotopic (exact) mass is 145 g/mol. The van der Waals surface area contributed by atoms with Gasteiger partial charge in [0.25, 0.3) is 0 Å². The fourth-order valence-corrected chi connectivity index (χ4v) is 0.579. The molecule has 0 saturated carbocycles. The Kier molecular flexibility index (Phi) is 6.98. The molecule has 1 unspecified atom stereocenters. The minimum Gasteiger partial charge on any atom is -0.379 e. The van der Waals surface area contributed by atoms with Gasteiger partial charge in [0, 0.05) is 6.61 Å². The second kappa shape index (κ2) is 7.03. The molecule has 0 N–H and O–H groups in total. The van der Waals surface area contributed by atoms with Gasteiger partial charge in [0.2, 0.25) is 0 Å². The molecule has 0 aromatic carbocycles. The molecule has 0 aromatic rings. The zero-order valence-electron chi connectivity index (χ0n) is 6.93. The maximum Gasteiger partial charge on any atom is 0.116 e. The second-order valence-corrected chi connectivity index (χ2v) is 2.46. The first-order valence-corrected chi connectivity index (χ1v) is 4.04. The van der Waals surface area contributed by atoms with Crippen molar-refractivity contribution in [3.05, 3.63) is 0 Å². The van der Waals surface area contributed by atoms with Crippen molar-refractivity contribution < 1.29 is 9.84 Å². The highest BCUT2D eigenvalue weighted by molar-refractivity contribution is 4.47. The molecule has 0 fully saturated rings. The van der Waals surface area contributed by atoms with E-state index in [4.69, 9.17) is 4.74 Å². The highest BCUT2D eigenvalue weighted by atomic mass is 16.5. The average molecular weight is 145 g/mol. The van der Waals surface area contributed by atoms with Crippen LogP contribution in [0.3, 0.4) is 0 Å². The molecule has 1 radical (unpaired) electrons. The lowest BCUT2D eigenvalue weighted by molar-refractivity contribution is -0.00538. The molecule has 0 bridgehead atoms. The molecule has 0 aromatic heterocycles. The summed E-state index contributed by atoms with van der Waals surface area (Å²) in [6.07, 6.45) is 2.36. The predicted molar refractivity (Wildman–Crippen MR) is 40.5 cm³/mol. The van der Waals surface area contributed by atoms with Crippen LogP contribution >= 0.6 is 0 Å². The van der Waals surface area contributed by atoms with Gasteiger partial charge in [-0.3, -0.25) is 0 Å². The fraction of sp³-hybridized carbons (Fsp3) is 1.00. The minimum absolute atomic E-state index is 0.385. The van der Waals surface area contributed by atoms with Gasteiger partial charge < -0.3 is 4.74 Å². The first-order valence-electron chi connectivity index (χ1n) is 4.04. The largest absolute Gasteiger partial charge is 0.379 e. The Morgan fingerprint density at radius 3 is 2.60 bits per heavy atom. The Labute approximate surface area is 63.2 Å². The Hall–Kier alpha value is -0.0800. The summed E-state index contributed by atoms with van der Waals surface area (Å²) in [6, 6.07) is 0. The average Bonchev–Trinajstić information content (AvgIpc) is 1.98. The van der Waals surface area contributed by atoms with Crippen molar-refractivity contribution in [3.8, 4) is 0 Å². The highest BCUT2D eigenvalue weighted by Gasteiger charge is 2.00.